The van der Waals surface area contributed by atoms with Crippen LogP contribution in [0, 0.1) is 5.82 Å². The van der Waals surface area contributed by atoms with Gasteiger partial charge in [-0.1, -0.05) is 48.0 Å². The molecule has 1 aliphatic rings. The Morgan fingerprint density at radius 1 is 0.914 bits per heavy atom. The first-order valence-electron chi connectivity index (χ1n) is 11.1. The van der Waals surface area contributed by atoms with Gasteiger partial charge in [0.25, 0.3) is 5.56 Å². The van der Waals surface area contributed by atoms with E-state index in [-0.39, 0.29) is 10.9 Å². The van der Waals surface area contributed by atoms with Crippen molar-refractivity contribution < 1.29 is 4.39 Å². The number of halogens is 2. The van der Waals surface area contributed by atoms with Gasteiger partial charge in [0.1, 0.15) is 5.82 Å². The molecule has 0 unspecified atom stereocenters. The molecule has 0 aliphatic carbocycles. The topological polar surface area (TPSA) is 61.0 Å². The highest BCUT2D eigenvalue weighted by molar-refractivity contribution is 6.30. The molecule has 174 valence electrons. The van der Waals surface area contributed by atoms with Crippen molar-refractivity contribution in [1.82, 2.24) is 13.7 Å². The van der Waals surface area contributed by atoms with Crippen molar-refractivity contribution in [1.29, 1.82) is 0 Å². The summed E-state index contributed by atoms with van der Waals surface area (Å²) in [5.74, 6) is -0.457. The van der Waals surface area contributed by atoms with Gasteiger partial charge in [-0.3, -0.25) is 13.9 Å². The molecule has 5 aromatic rings. The van der Waals surface area contributed by atoms with Gasteiger partial charge in [0.2, 0.25) is 0 Å². The molecule has 0 spiro atoms. The number of nitrogens with one attached hydrogen (secondary N) is 1. The maximum absolute atomic E-state index is 15.3. The van der Waals surface area contributed by atoms with Gasteiger partial charge in [-0.15, -0.1) is 0 Å². The second-order valence-corrected chi connectivity index (χ2v) is 9.06. The molecule has 0 amide bonds. The summed E-state index contributed by atoms with van der Waals surface area (Å²) < 4.78 is 19.7. The zero-order chi connectivity index (χ0) is 24.4. The van der Waals surface area contributed by atoms with Gasteiger partial charge < -0.3 is 9.88 Å². The molecule has 1 atom stereocenters. The molecule has 8 heteroatoms. The number of benzene rings is 3. The molecule has 0 fully saturated rings. The van der Waals surface area contributed by atoms with Crippen LogP contribution in [0.1, 0.15) is 17.3 Å². The first kappa shape index (κ1) is 21.4. The molecule has 6 nitrogen and oxygen atoms in total. The number of anilines is 1. The Morgan fingerprint density at radius 2 is 1.66 bits per heavy atom. The first-order valence-corrected chi connectivity index (χ1v) is 11.5. The summed E-state index contributed by atoms with van der Waals surface area (Å²) in [6.45, 7) is 0. The van der Waals surface area contributed by atoms with Gasteiger partial charge in [0.15, 0.2) is 0 Å². The lowest BCUT2D eigenvalue weighted by Gasteiger charge is -2.31. The molecule has 0 saturated carbocycles. The number of hydrogen-bond donors (Lipinski definition) is 1. The molecule has 0 radical (unpaired) electrons. The van der Waals surface area contributed by atoms with Crippen LogP contribution in [-0.2, 0) is 14.1 Å². The van der Waals surface area contributed by atoms with Crippen LogP contribution in [-0.4, -0.2) is 13.7 Å². The summed E-state index contributed by atoms with van der Waals surface area (Å²) in [6, 6.07) is 21.0. The van der Waals surface area contributed by atoms with Crippen molar-refractivity contribution in [3.63, 3.8) is 0 Å². The molecule has 1 N–H and O–H groups in total. The third-order valence-corrected chi connectivity index (χ3v) is 6.87. The number of rotatable bonds is 2. The fourth-order valence-corrected chi connectivity index (χ4v) is 5.26. The van der Waals surface area contributed by atoms with E-state index in [1.807, 2.05) is 47.0 Å². The van der Waals surface area contributed by atoms with Crippen LogP contribution in [0.5, 0.6) is 0 Å². The van der Waals surface area contributed by atoms with E-state index in [9.17, 15) is 9.59 Å². The molecular weight excluding hydrogens is 467 g/mol. The second-order valence-electron chi connectivity index (χ2n) is 8.63. The van der Waals surface area contributed by atoms with Gasteiger partial charge in [-0.2, -0.15) is 0 Å². The highest BCUT2D eigenvalue weighted by atomic mass is 35.5. The molecule has 3 aromatic carbocycles. The van der Waals surface area contributed by atoms with Gasteiger partial charge in [-0.25, -0.2) is 9.18 Å². The van der Waals surface area contributed by atoms with Gasteiger partial charge in [0, 0.05) is 24.7 Å². The maximum Gasteiger partial charge on any atom is 0.331 e. The zero-order valence-electron chi connectivity index (χ0n) is 18.9. The SMILES string of the molecule is Cn1c(=O)c2c(-c3ccccc3F)n3c(c2n(C)c1=O)[C@H](c1cccc(Cl)c1)Nc1ccccc1-3. The Kier molecular flexibility index (Phi) is 4.72. The van der Waals surface area contributed by atoms with Gasteiger partial charge in [-0.05, 0) is 42.0 Å². The lowest BCUT2D eigenvalue weighted by atomic mass is 9.99. The summed E-state index contributed by atoms with van der Waals surface area (Å²) in [5, 5.41) is 4.39. The smallest absolute Gasteiger partial charge is 0.331 e. The third-order valence-electron chi connectivity index (χ3n) is 6.64. The number of para-hydroxylation sites is 2. The summed E-state index contributed by atoms with van der Waals surface area (Å²) in [7, 11) is 3.07. The summed E-state index contributed by atoms with van der Waals surface area (Å²) >= 11 is 6.34. The van der Waals surface area contributed by atoms with E-state index in [0.717, 1.165) is 21.5 Å². The van der Waals surface area contributed by atoms with E-state index >= 15 is 4.39 Å². The van der Waals surface area contributed by atoms with Crippen LogP contribution >= 0.6 is 11.6 Å². The Hall–Kier alpha value is -4.10. The van der Waals surface area contributed by atoms with Gasteiger partial charge >= 0.3 is 5.69 Å². The highest BCUT2D eigenvalue weighted by Gasteiger charge is 2.35. The molecule has 3 heterocycles. The van der Waals surface area contributed by atoms with Crippen LogP contribution < -0.4 is 16.6 Å². The average Bonchev–Trinajstić information content (AvgIpc) is 3.22. The third kappa shape index (κ3) is 3.01. The van der Waals surface area contributed by atoms with Crippen molar-refractivity contribution in [3.8, 4) is 16.9 Å². The van der Waals surface area contributed by atoms with Gasteiger partial charge in [0.05, 0.1) is 39.7 Å². The summed E-state index contributed by atoms with van der Waals surface area (Å²) in [5.41, 5.74) is 3.27. The number of fused-ring (bicyclic) bond motifs is 5. The van der Waals surface area contributed by atoms with Crippen molar-refractivity contribution in [3.05, 3.63) is 116 Å². The van der Waals surface area contributed by atoms with E-state index < -0.39 is 23.1 Å². The minimum atomic E-state index is -0.481. The predicted octanol–water partition coefficient (Wildman–Crippen LogP) is 5.00. The molecule has 0 bridgehead atoms. The standard InChI is InChI=1S/C27H20ClFN4O2/c1-31-24-21(26(34)32(2)27(31)35)23(17-10-3-4-11-18(17)29)33-20-13-6-5-12-19(20)30-22(25(24)33)15-8-7-9-16(28)14-15/h3-14,22,30H,1-2H3/t22-/m0/s1. The Bertz CT molecular complexity index is 1780. The zero-order valence-corrected chi connectivity index (χ0v) is 19.7. The monoisotopic (exact) mass is 486 g/mol. The van der Waals surface area contributed by atoms with E-state index in [2.05, 4.69) is 5.32 Å². The van der Waals surface area contributed by atoms with Crippen molar-refractivity contribution >= 4 is 28.2 Å². The van der Waals surface area contributed by atoms with E-state index in [0.29, 0.717) is 21.9 Å². The number of hydrogen-bond acceptors (Lipinski definition) is 3. The van der Waals surface area contributed by atoms with E-state index in [4.69, 9.17) is 11.6 Å². The first-order chi connectivity index (χ1) is 16.9. The Labute approximate surface area is 204 Å². The minimum absolute atomic E-state index is 0.278. The summed E-state index contributed by atoms with van der Waals surface area (Å²) in [6.07, 6.45) is 0. The van der Waals surface area contributed by atoms with Crippen molar-refractivity contribution in [2.24, 2.45) is 14.1 Å². The number of aromatic nitrogens is 3. The van der Waals surface area contributed by atoms with Crippen LogP contribution in [0.2, 0.25) is 5.02 Å². The Morgan fingerprint density at radius 3 is 2.43 bits per heavy atom. The second kappa shape index (κ2) is 7.71. The fraction of sp³-hybridized carbons (Fsp3) is 0.111. The van der Waals surface area contributed by atoms with Crippen molar-refractivity contribution in [2.45, 2.75) is 6.04 Å². The molecule has 35 heavy (non-hydrogen) atoms. The minimum Gasteiger partial charge on any atom is -0.371 e. The molecule has 6 rings (SSSR count). The lowest BCUT2D eigenvalue weighted by molar-refractivity contribution is 0.630. The summed E-state index contributed by atoms with van der Waals surface area (Å²) in [4.78, 5) is 26.7. The largest absolute Gasteiger partial charge is 0.371 e. The quantitative estimate of drug-likeness (QED) is 0.382. The molecular formula is C27H20ClFN4O2. The van der Waals surface area contributed by atoms with Crippen LogP contribution in [0.25, 0.3) is 27.8 Å². The normalized spacial score (nSPS) is 14.5. The average molecular weight is 487 g/mol. The van der Waals surface area contributed by atoms with E-state index in [1.54, 1.807) is 31.3 Å². The number of aryl methyl sites for hydroxylation is 1. The van der Waals surface area contributed by atoms with Crippen LogP contribution in [0.15, 0.2) is 82.4 Å². The molecule has 1 aliphatic heterocycles. The van der Waals surface area contributed by atoms with E-state index in [1.165, 1.54) is 17.7 Å². The fourth-order valence-electron chi connectivity index (χ4n) is 5.06. The predicted molar refractivity (Wildman–Crippen MR) is 136 cm³/mol. The Balaban J connectivity index is 1.89. The lowest BCUT2D eigenvalue weighted by Crippen LogP contribution is -2.37. The molecule has 0 saturated heterocycles. The maximum atomic E-state index is 15.3. The number of nitrogens with zero attached hydrogens (tertiary/aromatic N) is 3. The van der Waals surface area contributed by atoms with Crippen molar-refractivity contribution in [2.75, 3.05) is 5.32 Å². The van der Waals surface area contributed by atoms with Crippen LogP contribution in [0.4, 0.5) is 10.1 Å². The molecule has 2 aromatic heterocycles. The highest BCUT2D eigenvalue weighted by Crippen LogP contribution is 2.45. The van der Waals surface area contributed by atoms with Crippen LogP contribution in [0.3, 0.4) is 0 Å².